The van der Waals surface area contributed by atoms with E-state index in [0.29, 0.717) is 10.7 Å². The Kier molecular flexibility index (Phi) is 5.29. The summed E-state index contributed by atoms with van der Waals surface area (Å²) < 4.78 is 0. The zero-order valence-corrected chi connectivity index (χ0v) is 10.0. The zero-order chi connectivity index (χ0) is 12.0. The monoisotopic (exact) mass is 241 g/mol. The van der Waals surface area contributed by atoms with Gasteiger partial charge >= 0.3 is 0 Å². The Balaban J connectivity index is 2.80. The molecule has 0 aliphatic carbocycles. The minimum absolute atomic E-state index is 0.128. The van der Waals surface area contributed by atoms with Crippen LogP contribution in [-0.4, -0.2) is 17.6 Å². The van der Waals surface area contributed by atoms with Crippen LogP contribution in [0.1, 0.15) is 25.3 Å². The number of aliphatic hydroxyl groups is 1. The molecule has 0 aliphatic heterocycles. The molecule has 3 nitrogen and oxygen atoms in total. The Morgan fingerprint density at radius 3 is 2.81 bits per heavy atom. The lowest BCUT2D eigenvalue weighted by Crippen LogP contribution is -2.08. The molecule has 0 atom stereocenters. The maximum atomic E-state index is 11.0. The van der Waals surface area contributed by atoms with Crippen LogP contribution in [0.3, 0.4) is 0 Å². The Morgan fingerprint density at radius 2 is 2.19 bits per heavy atom. The quantitative estimate of drug-likeness (QED) is 0.779. The van der Waals surface area contributed by atoms with Crippen molar-refractivity contribution in [3.63, 3.8) is 0 Å². The van der Waals surface area contributed by atoms with Crippen molar-refractivity contribution < 1.29 is 9.90 Å². The molecule has 0 heterocycles. The van der Waals surface area contributed by atoms with Crippen LogP contribution in [0.2, 0.25) is 5.02 Å². The number of amides is 1. The Labute approximate surface area is 100 Å². The van der Waals surface area contributed by atoms with Crippen molar-refractivity contribution in [2.45, 2.75) is 26.2 Å². The van der Waals surface area contributed by atoms with Gasteiger partial charge in [-0.1, -0.05) is 23.7 Å². The first-order valence-corrected chi connectivity index (χ1v) is 5.68. The van der Waals surface area contributed by atoms with Gasteiger partial charge in [-0.2, -0.15) is 0 Å². The van der Waals surface area contributed by atoms with Gasteiger partial charge in [0.25, 0.3) is 0 Å². The fourth-order valence-electron chi connectivity index (χ4n) is 1.52. The number of carbonyl (C=O) groups is 1. The number of benzene rings is 1. The first kappa shape index (κ1) is 13.0. The molecule has 0 fully saturated rings. The van der Waals surface area contributed by atoms with Gasteiger partial charge in [0.1, 0.15) is 0 Å². The number of halogens is 1. The average molecular weight is 242 g/mol. The molecule has 16 heavy (non-hydrogen) atoms. The summed E-state index contributed by atoms with van der Waals surface area (Å²) in [5.41, 5.74) is 1.70. The van der Waals surface area contributed by atoms with E-state index >= 15 is 0 Å². The van der Waals surface area contributed by atoms with Gasteiger partial charge < -0.3 is 10.4 Å². The van der Waals surface area contributed by atoms with Crippen molar-refractivity contribution in [1.82, 2.24) is 0 Å². The highest BCUT2D eigenvalue weighted by atomic mass is 35.5. The fraction of sp³-hybridized carbons (Fsp3) is 0.417. The molecule has 0 aromatic heterocycles. The number of aryl methyl sites for hydroxylation is 1. The summed E-state index contributed by atoms with van der Waals surface area (Å²) >= 11 is 6.02. The van der Waals surface area contributed by atoms with Crippen LogP contribution in [0.25, 0.3) is 0 Å². The number of aliphatic hydroxyl groups excluding tert-OH is 1. The van der Waals surface area contributed by atoms with E-state index in [1.807, 2.05) is 12.1 Å². The fourth-order valence-corrected chi connectivity index (χ4v) is 1.76. The van der Waals surface area contributed by atoms with E-state index in [9.17, 15) is 4.79 Å². The number of nitrogens with one attached hydrogen (secondary N) is 1. The average Bonchev–Trinajstić information content (AvgIpc) is 2.23. The first-order valence-electron chi connectivity index (χ1n) is 5.31. The van der Waals surface area contributed by atoms with Crippen LogP contribution in [0, 0.1) is 0 Å². The molecule has 1 rings (SSSR count). The minimum Gasteiger partial charge on any atom is -0.396 e. The third kappa shape index (κ3) is 3.83. The van der Waals surface area contributed by atoms with Crippen molar-refractivity contribution >= 4 is 23.2 Å². The standard InChI is InChI=1S/C12H16ClNO2/c1-9(16)14-12-10(5-2-3-8-15)6-4-7-11(12)13/h4,6-7,15H,2-3,5,8H2,1H3,(H,14,16). The summed E-state index contributed by atoms with van der Waals surface area (Å²) in [7, 11) is 0. The maximum Gasteiger partial charge on any atom is 0.221 e. The molecule has 0 bridgehead atoms. The molecule has 4 heteroatoms. The summed E-state index contributed by atoms with van der Waals surface area (Å²) in [6.45, 7) is 1.65. The van der Waals surface area contributed by atoms with Crippen LogP contribution in [0.4, 0.5) is 5.69 Å². The predicted molar refractivity (Wildman–Crippen MR) is 65.8 cm³/mol. The summed E-state index contributed by atoms with van der Waals surface area (Å²) in [4.78, 5) is 11.0. The molecule has 0 spiro atoms. The van der Waals surface area contributed by atoms with Crippen LogP contribution >= 0.6 is 11.6 Å². The van der Waals surface area contributed by atoms with Crippen LogP contribution < -0.4 is 5.32 Å². The van der Waals surface area contributed by atoms with Crippen molar-refractivity contribution in [3.8, 4) is 0 Å². The molecule has 0 unspecified atom stereocenters. The lowest BCUT2D eigenvalue weighted by atomic mass is 10.1. The van der Waals surface area contributed by atoms with E-state index in [1.165, 1.54) is 6.92 Å². The Bertz CT molecular complexity index is 366. The van der Waals surface area contributed by atoms with Crippen LogP contribution in [0.5, 0.6) is 0 Å². The Hall–Kier alpha value is -1.06. The molecule has 0 saturated carbocycles. The lowest BCUT2D eigenvalue weighted by Gasteiger charge is -2.11. The van der Waals surface area contributed by atoms with Crippen molar-refractivity contribution in [1.29, 1.82) is 0 Å². The van der Waals surface area contributed by atoms with Gasteiger partial charge in [-0.25, -0.2) is 0 Å². The first-order chi connectivity index (χ1) is 7.65. The lowest BCUT2D eigenvalue weighted by molar-refractivity contribution is -0.114. The maximum absolute atomic E-state index is 11.0. The van der Waals surface area contributed by atoms with Gasteiger partial charge in [0.05, 0.1) is 10.7 Å². The third-order valence-electron chi connectivity index (χ3n) is 2.26. The summed E-state index contributed by atoms with van der Waals surface area (Å²) in [5, 5.41) is 12.0. The molecule has 1 aromatic carbocycles. The molecule has 88 valence electrons. The van der Waals surface area contributed by atoms with Gasteiger partial charge in [-0.15, -0.1) is 0 Å². The number of rotatable bonds is 5. The second-order valence-corrected chi connectivity index (χ2v) is 4.04. The summed E-state index contributed by atoms with van der Waals surface area (Å²) in [5.74, 6) is -0.128. The molecular formula is C12H16ClNO2. The molecule has 1 amide bonds. The normalized spacial score (nSPS) is 10.2. The highest BCUT2D eigenvalue weighted by Gasteiger charge is 2.07. The van der Waals surface area contributed by atoms with Gasteiger partial charge in [0, 0.05) is 13.5 Å². The second-order valence-electron chi connectivity index (χ2n) is 3.64. The number of anilines is 1. The van der Waals surface area contributed by atoms with Gasteiger partial charge in [-0.3, -0.25) is 4.79 Å². The summed E-state index contributed by atoms with van der Waals surface area (Å²) in [6.07, 6.45) is 2.44. The van der Waals surface area contributed by atoms with E-state index in [4.69, 9.17) is 16.7 Å². The van der Waals surface area contributed by atoms with Crippen molar-refractivity contribution in [2.75, 3.05) is 11.9 Å². The number of para-hydroxylation sites is 1. The van der Waals surface area contributed by atoms with E-state index < -0.39 is 0 Å². The molecule has 0 aliphatic rings. The topological polar surface area (TPSA) is 49.3 Å². The molecular weight excluding hydrogens is 226 g/mol. The number of carbonyl (C=O) groups excluding carboxylic acids is 1. The van der Waals surface area contributed by atoms with Crippen molar-refractivity contribution in [3.05, 3.63) is 28.8 Å². The highest BCUT2D eigenvalue weighted by Crippen LogP contribution is 2.27. The number of hydrogen-bond donors (Lipinski definition) is 2. The molecule has 1 aromatic rings. The molecule has 0 saturated heterocycles. The molecule has 2 N–H and O–H groups in total. The largest absolute Gasteiger partial charge is 0.396 e. The smallest absolute Gasteiger partial charge is 0.221 e. The van der Waals surface area contributed by atoms with Crippen LogP contribution in [-0.2, 0) is 11.2 Å². The van der Waals surface area contributed by atoms with Gasteiger partial charge in [0.2, 0.25) is 5.91 Å². The van der Waals surface area contributed by atoms with Gasteiger partial charge in [0.15, 0.2) is 0 Å². The second kappa shape index (κ2) is 6.51. The van der Waals surface area contributed by atoms with Gasteiger partial charge in [-0.05, 0) is 30.9 Å². The molecule has 0 radical (unpaired) electrons. The minimum atomic E-state index is -0.128. The van der Waals surface area contributed by atoms with E-state index in [-0.39, 0.29) is 12.5 Å². The number of unbranched alkanes of at least 4 members (excludes halogenated alkanes) is 1. The summed E-state index contributed by atoms with van der Waals surface area (Å²) in [6, 6.07) is 5.55. The Morgan fingerprint density at radius 1 is 1.44 bits per heavy atom. The highest BCUT2D eigenvalue weighted by molar-refractivity contribution is 6.33. The van der Waals surface area contributed by atoms with E-state index in [0.717, 1.165) is 24.8 Å². The zero-order valence-electron chi connectivity index (χ0n) is 9.29. The van der Waals surface area contributed by atoms with E-state index in [1.54, 1.807) is 6.07 Å². The van der Waals surface area contributed by atoms with Crippen LogP contribution in [0.15, 0.2) is 18.2 Å². The predicted octanol–water partition coefficient (Wildman–Crippen LogP) is 2.61. The SMILES string of the molecule is CC(=O)Nc1c(Cl)cccc1CCCCO. The van der Waals surface area contributed by atoms with E-state index in [2.05, 4.69) is 5.32 Å². The van der Waals surface area contributed by atoms with Crippen molar-refractivity contribution in [2.24, 2.45) is 0 Å². The number of hydrogen-bond acceptors (Lipinski definition) is 2. The third-order valence-corrected chi connectivity index (χ3v) is 2.57.